The van der Waals surface area contributed by atoms with Crippen molar-refractivity contribution in [2.24, 2.45) is 0 Å². The highest BCUT2D eigenvalue weighted by Gasteiger charge is 2.08. The molecule has 0 radical (unpaired) electrons. The zero-order valence-electron chi connectivity index (χ0n) is 12.8. The normalized spacial score (nSPS) is 14.2. The largest absolute Gasteiger partial charge is 0.0907 e. The maximum atomic E-state index is 4.24. The SMILES string of the molecule is C=C(/C=C\C=C/C)P(/C=C/C=C\C=C/C)c1ccccc1. The van der Waals surface area contributed by atoms with E-state index in [0.717, 1.165) is 5.31 Å². The van der Waals surface area contributed by atoms with Gasteiger partial charge in [0, 0.05) is 0 Å². The Morgan fingerprint density at radius 3 is 2.14 bits per heavy atom. The van der Waals surface area contributed by atoms with Gasteiger partial charge in [0.15, 0.2) is 0 Å². The van der Waals surface area contributed by atoms with Crippen molar-refractivity contribution in [3.63, 3.8) is 0 Å². The van der Waals surface area contributed by atoms with Crippen LogP contribution in [0, 0.1) is 0 Å². The molecule has 0 aliphatic rings. The molecule has 1 heteroatoms. The summed E-state index contributed by atoms with van der Waals surface area (Å²) in [5.74, 6) is 2.24. The van der Waals surface area contributed by atoms with Crippen molar-refractivity contribution in [3.05, 3.63) is 103 Å². The average molecular weight is 294 g/mol. The van der Waals surface area contributed by atoms with Gasteiger partial charge in [-0.05, 0) is 32.4 Å². The first-order chi connectivity index (χ1) is 10.3. The highest BCUT2D eigenvalue weighted by Crippen LogP contribution is 2.44. The van der Waals surface area contributed by atoms with Crippen LogP contribution in [0.3, 0.4) is 0 Å². The number of hydrogen-bond donors (Lipinski definition) is 0. The predicted molar refractivity (Wildman–Crippen MR) is 99.2 cm³/mol. The van der Waals surface area contributed by atoms with Gasteiger partial charge < -0.3 is 0 Å². The molecule has 0 spiro atoms. The Bertz CT molecular complexity index is 557. The molecule has 1 atom stereocenters. The smallest absolute Gasteiger partial charge is 0.0157 e. The lowest BCUT2D eigenvalue weighted by atomic mass is 10.4. The molecule has 0 nitrogen and oxygen atoms in total. The molecule has 0 aromatic heterocycles. The Hall–Kier alpha value is -1.91. The van der Waals surface area contributed by atoms with Crippen molar-refractivity contribution in [1.29, 1.82) is 0 Å². The molecule has 1 unspecified atom stereocenters. The average Bonchev–Trinajstić information content (AvgIpc) is 2.52. The molecular weight excluding hydrogens is 271 g/mol. The van der Waals surface area contributed by atoms with E-state index in [1.165, 1.54) is 5.30 Å². The molecule has 1 aromatic carbocycles. The van der Waals surface area contributed by atoms with Gasteiger partial charge in [-0.2, -0.15) is 0 Å². The van der Waals surface area contributed by atoms with Gasteiger partial charge in [0.1, 0.15) is 0 Å². The Labute approximate surface area is 130 Å². The highest BCUT2D eigenvalue weighted by atomic mass is 31.1. The monoisotopic (exact) mass is 294 g/mol. The summed E-state index contributed by atoms with van der Waals surface area (Å²) in [6, 6.07) is 10.5. The van der Waals surface area contributed by atoms with Gasteiger partial charge in [0.2, 0.25) is 0 Å². The summed E-state index contributed by atoms with van der Waals surface area (Å²) in [4.78, 5) is 0. The third-order valence-corrected chi connectivity index (χ3v) is 4.79. The van der Waals surface area contributed by atoms with E-state index in [1.54, 1.807) is 0 Å². The Morgan fingerprint density at radius 1 is 0.857 bits per heavy atom. The molecule has 0 heterocycles. The van der Waals surface area contributed by atoms with Crippen LogP contribution in [0.25, 0.3) is 0 Å². The Balaban J connectivity index is 2.92. The number of rotatable bonds is 7. The third kappa shape index (κ3) is 6.88. The standard InChI is InChI=1S/C20H23P/c1-4-6-8-9-14-18-21(19(3)15-11-7-5-2)20-16-12-10-13-17-20/h4-18H,3H2,1-2H3/b6-4-,7-5-,9-8-,15-11-,18-14+. The van der Waals surface area contributed by atoms with Gasteiger partial charge in [0.25, 0.3) is 0 Å². The van der Waals surface area contributed by atoms with E-state index in [9.17, 15) is 0 Å². The van der Waals surface area contributed by atoms with Crippen molar-refractivity contribution in [3.8, 4) is 0 Å². The molecule has 1 aromatic rings. The highest BCUT2D eigenvalue weighted by molar-refractivity contribution is 7.72. The van der Waals surface area contributed by atoms with E-state index in [4.69, 9.17) is 0 Å². The molecule has 108 valence electrons. The molecule has 0 amide bonds. The zero-order valence-corrected chi connectivity index (χ0v) is 13.7. The summed E-state index contributed by atoms with van der Waals surface area (Å²) < 4.78 is 0. The second-order valence-corrected chi connectivity index (χ2v) is 6.46. The van der Waals surface area contributed by atoms with Gasteiger partial charge in [0.05, 0.1) is 0 Å². The Morgan fingerprint density at radius 2 is 1.48 bits per heavy atom. The maximum absolute atomic E-state index is 4.24. The quantitative estimate of drug-likeness (QED) is 0.422. The summed E-state index contributed by atoms with van der Waals surface area (Å²) in [6.45, 7) is 8.26. The van der Waals surface area contributed by atoms with Crippen LogP contribution in [0.4, 0.5) is 0 Å². The van der Waals surface area contributed by atoms with E-state index < -0.39 is 7.92 Å². The van der Waals surface area contributed by atoms with E-state index in [0.29, 0.717) is 0 Å². The van der Waals surface area contributed by atoms with Gasteiger partial charge in [-0.1, -0.05) is 97.4 Å². The van der Waals surface area contributed by atoms with Gasteiger partial charge in [-0.3, -0.25) is 0 Å². The molecule has 0 N–H and O–H groups in total. The van der Waals surface area contributed by atoms with Crippen LogP contribution in [0.1, 0.15) is 13.8 Å². The van der Waals surface area contributed by atoms with E-state index in [-0.39, 0.29) is 0 Å². The second kappa shape index (κ2) is 10.8. The minimum absolute atomic E-state index is 0.526. The molecule has 0 aliphatic carbocycles. The minimum atomic E-state index is -0.526. The molecule has 0 aliphatic heterocycles. The first kappa shape index (κ1) is 17.1. The van der Waals surface area contributed by atoms with Crippen LogP contribution in [0.2, 0.25) is 0 Å². The van der Waals surface area contributed by atoms with E-state index >= 15 is 0 Å². The van der Waals surface area contributed by atoms with E-state index in [2.05, 4.69) is 54.9 Å². The van der Waals surface area contributed by atoms with Crippen LogP contribution in [0.15, 0.2) is 103 Å². The van der Waals surface area contributed by atoms with Gasteiger partial charge >= 0.3 is 0 Å². The molecule has 21 heavy (non-hydrogen) atoms. The molecule has 0 saturated carbocycles. The Kier molecular flexibility index (Phi) is 8.84. The van der Waals surface area contributed by atoms with Crippen LogP contribution >= 0.6 is 7.92 Å². The summed E-state index contributed by atoms with van der Waals surface area (Å²) in [7, 11) is -0.526. The molecule has 0 saturated heterocycles. The van der Waals surface area contributed by atoms with Crippen LogP contribution in [0.5, 0.6) is 0 Å². The second-order valence-electron chi connectivity index (χ2n) is 4.33. The predicted octanol–water partition coefficient (Wildman–Crippen LogP) is 6.09. The number of allylic oxidation sites excluding steroid dienone is 10. The summed E-state index contributed by atoms with van der Waals surface area (Å²) in [5.41, 5.74) is 0. The van der Waals surface area contributed by atoms with Gasteiger partial charge in [-0.15, -0.1) is 0 Å². The minimum Gasteiger partial charge on any atom is -0.0907 e. The molecule has 0 bridgehead atoms. The molecule has 1 rings (SSSR count). The molecule has 0 fully saturated rings. The van der Waals surface area contributed by atoms with Crippen LogP contribution < -0.4 is 5.30 Å². The first-order valence-corrected chi connectivity index (χ1v) is 8.49. The van der Waals surface area contributed by atoms with Crippen LogP contribution in [-0.4, -0.2) is 0 Å². The van der Waals surface area contributed by atoms with Crippen molar-refractivity contribution in [2.75, 3.05) is 0 Å². The van der Waals surface area contributed by atoms with Crippen molar-refractivity contribution in [2.45, 2.75) is 13.8 Å². The first-order valence-electron chi connectivity index (χ1n) is 7.08. The maximum Gasteiger partial charge on any atom is -0.0157 e. The fourth-order valence-electron chi connectivity index (χ4n) is 1.67. The van der Waals surface area contributed by atoms with Crippen molar-refractivity contribution in [1.82, 2.24) is 0 Å². The van der Waals surface area contributed by atoms with Crippen LogP contribution in [-0.2, 0) is 0 Å². The van der Waals surface area contributed by atoms with Crippen molar-refractivity contribution >= 4 is 13.2 Å². The lowest BCUT2D eigenvalue weighted by Gasteiger charge is -2.13. The third-order valence-electron chi connectivity index (χ3n) is 2.70. The lowest BCUT2D eigenvalue weighted by Crippen LogP contribution is -1.98. The summed E-state index contributed by atoms with van der Waals surface area (Å²) in [6.07, 6.45) is 18.4. The summed E-state index contributed by atoms with van der Waals surface area (Å²) >= 11 is 0. The fourth-order valence-corrected chi connectivity index (χ4v) is 3.38. The number of hydrogen-bond acceptors (Lipinski definition) is 0. The molecular formula is C20H23P. The van der Waals surface area contributed by atoms with Gasteiger partial charge in [-0.25, -0.2) is 0 Å². The zero-order chi connectivity index (χ0) is 15.3. The number of benzene rings is 1. The fraction of sp³-hybridized carbons (Fsp3) is 0.100. The topological polar surface area (TPSA) is 0 Å². The van der Waals surface area contributed by atoms with Crippen molar-refractivity contribution < 1.29 is 0 Å². The lowest BCUT2D eigenvalue weighted by molar-refractivity contribution is 1.72. The summed E-state index contributed by atoms with van der Waals surface area (Å²) in [5, 5.41) is 2.46. The van der Waals surface area contributed by atoms with E-state index in [1.807, 2.05) is 56.4 Å².